The Morgan fingerprint density at radius 2 is 1.87 bits per heavy atom. The standard InChI is InChI=1S/C20H27NO2/c1-19(2)11-7-14(8-12-19)17-13-15(5-6-16(17)18(21)22)20(23)9-3-4-10-20/h5-7,13,23H,3-4,8-12H2,1-2H3,(H2,21,22). The molecule has 124 valence electrons. The third-order valence-electron chi connectivity index (χ3n) is 5.57. The molecule has 1 amide bonds. The maximum atomic E-state index is 11.8. The second-order valence-electron chi connectivity index (χ2n) is 7.96. The van der Waals surface area contributed by atoms with Crippen molar-refractivity contribution < 1.29 is 9.90 Å². The molecule has 1 fully saturated rings. The Morgan fingerprint density at radius 1 is 1.17 bits per heavy atom. The van der Waals surface area contributed by atoms with E-state index in [1.807, 2.05) is 12.1 Å². The van der Waals surface area contributed by atoms with Gasteiger partial charge in [-0.1, -0.05) is 38.8 Å². The lowest BCUT2D eigenvalue weighted by Crippen LogP contribution is -2.23. The minimum Gasteiger partial charge on any atom is -0.385 e. The number of benzene rings is 1. The van der Waals surface area contributed by atoms with E-state index in [-0.39, 0.29) is 0 Å². The molecule has 0 saturated heterocycles. The zero-order chi connectivity index (χ0) is 16.7. The van der Waals surface area contributed by atoms with Crippen LogP contribution in [0.15, 0.2) is 24.3 Å². The first-order valence-corrected chi connectivity index (χ1v) is 8.67. The van der Waals surface area contributed by atoms with Gasteiger partial charge in [-0.05, 0) is 66.4 Å². The highest BCUT2D eigenvalue weighted by atomic mass is 16.3. The van der Waals surface area contributed by atoms with Crippen LogP contribution < -0.4 is 5.73 Å². The maximum absolute atomic E-state index is 11.8. The van der Waals surface area contributed by atoms with Crippen molar-refractivity contribution in [2.24, 2.45) is 11.1 Å². The average molecular weight is 313 g/mol. The lowest BCUT2D eigenvalue weighted by molar-refractivity contribution is 0.0444. The zero-order valence-electron chi connectivity index (χ0n) is 14.2. The fourth-order valence-electron chi connectivity index (χ4n) is 3.88. The van der Waals surface area contributed by atoms with Crippen LogP contribution in [0.3, 0.4) is 0 Å². The van der Waals surface area contributed by atoms with Gasteiger partial charge >= 0.3 is 0 Å². The summed E-state index contributed by atoms with van der Waals surface area (Å²) in [5.74, 6) is -0.393. The molecule has 1 saturated carbocycles. The van der Waals surface area contributed by atoms with Crippen molar-refractivity contribution in [3.63, 3.8) is 0 Å². The summed E-state index contributed by atoms with van der Waals surface area (Å²) >= 11 is 0. The second-order valence-corrected chi connectivity index (χ2v) is 7.96. The van der Waals surface area contributed by atoms with E-state index in [1.165, 1.54) is 5.57 Å². The number of carbonyl (C=O) groups is 1. The molecule has 3 rings (SSSR count). The molecular formula is C20H27NO2. The van der Waals surface area contributed by atoms with Gasteiger partial charge < -0.3 is 10.8 Å². The summed E-state index contributed by atoms with van der Waals surface area (Å²) < 4.78 is 0. The Morgan fingerprint density at radius 3 is 2.43 bits per heavy atom. The number of hydrogen-bond acceptors (Lipinski definition) is 2. The van der Waals surface area contributed by atoms with E-state index >= 15 is 0 Å². The molecule has 0 spiro atoms. The summed E-state index contributed by atoms with van der Waals surface area (Å²) in [6, 6.07) is 5.68. The minimum absolute atomic E-state index is 0.317. The fraction of sp³-hybridized carbons (Fsp3) is 0.550. The van der Waals surface area contributed by atoms with E-state index in [1.54, 1.807) is 6.07 Å². The molecule has 0 bridgehead atoms. The van der Waals surface area contributed by atoms with E-state index in [0.29, 0.717) is 11.0 Å². The number of allylic oxidation sites excluding steroid dienone is 2. The van der Waals surface area contributed by atoms with E-state index in [4.69, 9.17) is 5.73 Å². The summed E-state index contributed by atoms with van der Waals surface area (Å²) in [7, 11) is 0. The molecule has 1 aromatic carbocycles. The van der Waals surface area contributed by atoms with Gasteiger partial charge in [0.25, 0.3) is 0 Å². The molecule has 0 atom stereocenters. The first-order valence-electron chi connectivity index (χ1n) is 8.67. The van der Waals surface area contributed by atoms with Gasteiger partial charge in [0.05, 0.1) is 5.60 Å². The number of hydrogen-bond donors (Lipinski definition) is 2. The molecule has 0 unspecified atom stereocenters. The molecule has 2 aliphatic carbocycles. The van der Waals surface area contributed by atoms with Gasteiger partial charge in [0.15, 0.2) is 0 Å². The van der Waals surface area contributed by atoms with Crippen molar-refractivity contribution >= 4 is 11.5 Å². The monoisotopic (exact) mass is 313 g/mol. The highest BCUT2D eigenvalue weighted by molar-refractivity contribution is 5.98. The van der Waals surface area contributed by atoms with Crippen molar-refractivity contribution in [1.82, 2.24) is 0 Å². The first kappa shape index (κ1) is 16.3. The van der Waals surface area contributed by atoms with E-state index < -0.39 is 11.5 Å². The van der Waals surface area contributed by atoms with Crippen LogP contribution in [0.25, 0.3) is 5.57 Å². The van der Waals surface area contributed by atoms with Crippen molar-refractivity contribution in [3.8, 4) is 0 Å². The number of amides is 1. The second kappa shape index (κ2) is 5.79. The normalized spacial score (nSPS) is 22.7. The third kappa shape index (κ3) is 3.20. The topological polar surface area (TPSA) is 63.3 Å². The molecule has 3 nitrogen and oxygen atoms in total. The molecule has 3 heteroatoms. The molecule has 2 aliphatic rings. The highest BCUT2D eigenvalue weighted by Crippen LogP contribution is 2.42. The van der Waals surface area contributed by atoms with Gasteiger partial charge in [-0.15, -0.1) is 0 Å². The fourth-order valence-corrected chi connectivity index (χ4v) is 3.88. The molecule has 0 aromatic heterocycles. The van der Waals surface area contributed by atoms with Crippen LogP contribution >= 0.6 is 0 Å². The minimum atomic E-state index is -0.737. The maximum Gasteiger partial charge on any atom is 0.249 e. The molecule has 0 heterocycles. The Hall–Kier alpha value is -1.61. The Bertz CT molecular complexity index is 652. The molecule has 1 aromatic rings. The van der Waals surface area contributed by atoms with Crippen LogP contribution in [0, 0.1) is 5.41 Å². The zero-order valence-corrected chi connectivity index (χ0v) is 14.2. The smallest absolute Gasteiger partial charge is 0.249 e. The number of carbonyl (C=O) groups excluding carboxylic acids is 1. The summed E-state index contributed by atoms with van der Waals surface area (Å²) in [5, 5.41) is 10.9. The van der Waals surface area contributed by atoms with Gasteiger partial charge in [-0.3, -0.25) is 4.79 Å². The third-order valence-corrected chi connectivity index (χ3v) is 5.57. The van der Waals surface area contributed by atoms with Crippen LogP contribution in [0.4, 0.5) is 0 Å². The van der Waals surface area contributed by atoms with Crippen LogP contribution in [-0.4, -0.2) is 11.0 Å². The predicted molar refractivity (Wildman–Crippen MR) is 92.9 cm³/mol. The number of rotatable bonds is 3. The summed E-state index contributed by atoms with van der Waals surface area (Å²) in [6.45, 7) is 4.54. The Labute approximate surface area is 138 Å². The molecular weight excluding hydrogens is 286 g/mol. The molecule has 0 aliphatic heterocycles. The van der Waals surface area contributed by atoms with Crippen molar-refractivity contribution in [2.75, 3.05) is 0 Å². The van der Waals surface area contributed by atoms with Gasteiger partial charge in [0.1, 0.15) is 0 Å². The largest absolute Gasteiger partial charge is 0.385 e. The Balaban J connectivity index is 2.03. The van der Waals surface area contributed by atoms with E-state index in [2.05, 4.69) is 19.9 Å². The highest BCUT2D eigenvalue weighted by Gasteiger charge is 2.34. The van der Waals surface area contributed by atoms with Crippen LogP contribution in [0.5, 0.6) is 0 Å². The first-order chi connectivity index (χ1) is 10.8. The van der Waals surface area contributed by atoms with Gasteiger partial charge in [-0.25, -0.2) is 0 Å². The van der Waals surface area contributed by atoms with Crippen molar-refractivity contribution in [2.45, 2.75) is 64.4 Å². The van der Waals surface area contributed by atoms with Crippen LogP contribution in [0.2, 0.25) is 0 Å². The quantitative estimate of drug-likeness (QED) is 0.881. The van der Waals surface area contributed by atoms with E-state index in [0.717, 1.165) is 56.1 Å². The molecule has 0 radical (unpaired) electrons. The van der Waals surface area contributed by atoms with Crippen molar-refractivity contribution in [3.05, 3.63) is 41.0 Å². The number of aliphatic hydroxyl groups is 1. The van der Waals surface area contributed by atoms with Gasteiger partial charge in [0.2, 0.25) is 5.91 Å². The number of nitrogens with two attached hydrogens (primary N) is 1. The van der Waals surface area contributed by atoms with Gasteiger partial charge in [0, 0.05) is 5.56 Å². The van der Waals surface area contributed by atoms with Crippen LogP contribution in [-0.2, 0) is 5.60 Å². The predicted octanol–water partition coefficient (Wildman–Crippen LogP) is 4.14. The lowest BCUT2D eigenvalue weighted by Gasteiger charge is -2.30. The number of primary amides is 1. The Kier molecular flexibility index (Phi) is 4.09. The summed E-state index contributed by atoms with van der Waals surface area (Å²) in [6.07, 6.45) is 9.02. The SMILES string of the molecule is CC1(C)CC=C(c2cc(C3(O)CCCC3)ccc2C(N)=O)CC1. The average Bonchev–Trinajstić information content (AvgIpc) is 2.95. The van der Waals surface area contributed by atoms with E-state index in [9.17, 15) is 9.90 Å². The van der Waals surface area contributed by atoms with Crippen molar-refractivity contribution in [1.29, 1.82) is 0 Å². The molecule has 3 N–H and O–H groups in total. The molecule has 23 heavy (non-hydrogen) atoms. The summed E-state index contributed by atoms with van der Waals surface area (Å²) in [4.78, 5) is 11.8. The van der Waals surface area contributed by atoms with Crippen LogP contribution in [0.1, 0.15) is 80.3 Å². The lowest BCUT2D eigenvalue weighted by atomic mass is 9.76. The summed E-state index contributed by atoms with van der Waals surface area (Å²) in [5.41, 5.74) is 8.78. The van der Waals surface area contributed by atoms with Gasteiger partial charge in [-0.2, -0.15) is 0 Å².